The first kappa shape index (κ1) is 10.3. The zero-order valence-electron chi connectivity index (χ0n) is 9.03. The van der Waals surface area contributed by atoms with Gasteiger partial charge in [-0.3, -0.25) is 4.79 Å². The molecule has 1 aromatic rings. The van der Waals surface area contributed by atoms with Crippen LogP contribution in [0.2, 0.25) is 0 Å². The van der Waals surface area contributed by atoms with E-state index in [0.717, 1.165) is 31.4 Å². The molecule has 1 aliphatic carbocycles. The van der Waals surface area contributed by atoms with E-state index in [1.807, 2.05) is 19.1 Å². The third-order valence-corrected chi connectivity index (χ3v) is 2.74. The Balaban J connectivity index is 1.68. The van der Waals surface area contributed by atoms with Crippen LogP contribution in [-0.2, 0) is 11.2 Å². The number of hydrogen-bond donors (Lipinski definition) is 1. The smallest absolute Gasteiger partial charge is 0.223 e. The second-order valence-corrected chi connectivity index (χ2v) is 4.30. The number of furan rings is 1. The fraction of sp³-hybridized carbons (Fsp3) is 0.583. The van der Waals surface area contributed by atoms with Gasteiger partial charge in [-0.05, 0) is 38.3 Å². The second kappa shape index (κ2) is 4.51. The number of aryl methyl sites for hydroxylation is 1. The van der Waals surface area contributed by atoms with E-state index in [2.05, 4.69) is 5.32 Å². The van der Waals surface area contributed by atoms with Gasteiger partial charge in [0.25, 0.3) is 0 Å². The monoisotopic (exact) mass is 207 g/mol. The van der Waals surface area contributed by atoms with Gasteiger partial charge < -0.3 is 9.73 Å². The molecular weight excluding hydrogens is 190 g/mol. The van der Waals surface area contributed by atoms with Crippen LogP contribution in [0, 0.1) is 5.92 Å². The molecule has 1 unspecified atom stereocenters. The Morgan fingerprint density at radius 2 is 2.47 bits per heavy atom. The minimum Gasteiger partial charge on any atom is -0.469 e. The van der Waals surface area contributed by atoms with E-state index in [0.29, 0.717) is 5.92 Å². The van der Waals surface area contributed by atoms with Crippen LogP contribution in [-0.4, -0.2) is 11.9 Å². The molecule has 0 spiro atoms. The van der Waals surface area contributed by atoms with Crippen molar-refractivity contribution >= 4 is 5.91 Å². The molecule has 0 aliphatic heterocycles. The first-order valence-corrected chi connectivity index (χ1v) is 5.58. The van der Waals surface area contributed by atoms with Gasteiger partial charge in [-0.1, -0.05) is 0 Å². The summed E-state index contributed by atoms with van der Waals surface area (Å²) >= 11 is 0. The summed E-state index contributed by atoms with van der Waals surface area (Å²) in [5, 5.41) is 3.02. The molecule has 3 heteroatoms. The lowest BCUT2D eigenvalue weighted by Gasteiger charge is -2.12. The molecule has 15 heavy (non-hydrogen) atoms. The van der Waals surface area contributed by atoms with Gasteiger partial charge in [0.1, 0.15) is 5.76 Å². The van der Waals surface area contributed by atoms with Crippen LogP contribution in [0.3, 0.4) is 0 Å². The highest BCUT2D eigenvalue weighted by Gasteiger charge is 2.30. The molecule has 1 N–H and O–H groups in total. The van der Waals surface area contributed by atoms with Crippen molar-refractivity contribution in [2.75, 3.05) is 0 Å². The number of carbonyl (C=O) groups is 1. The highest BCUT2D eigenvalue weighted by atomic mass is 16.3. The fourth-order valence-electron chi connectivity index (χ4n) is 1.59. The summed E-state index contributed by atoms with van der Waals surface area (Å²) in [6.07, 6.45) is 5.64. The average Bonchev–Trinajstić information content (AvgIpc) is 2.93. The summed E-state index contributed by atoms with van der Waals surface area (Å²) < 4.78 is 5.24. The zero-order valence-corrected chi connectivity index (χ0v) is 9.03. The number of rotatable bonds is 5. The van der Waals surface area contributed by atoms with Gasteiger partial charge in [-0.15, -0.1) is 0 Å². The third kappa shape index (κ3) is 3.11. The van der Waals surface area contributed by atoms with E-state index < -0.39 is 0 Å². The first-order valence-electron chi connectivity index (χ1n) is 5.58. The molecule has 1 aliphatic rings. The summed E-state index contributed by atoms with van der Waals surface area (Å²) in [5.74, 6) is 1.51. The van der Waals surface area contributed by atoms with E-state index in [4.69, 9.17) is 4.42 Å². The third-order valence-electron chi connectivity index (χ3n) is 2.74. The molecule has 0 bridgehead atoms. The number of amides is 1. The molecule has 1 aromatic heterocycles. The van der Waals surface area contributed by atoms with Crippen molar-refractivity contribution in [1.82, 2.24) is 5.32 Å². The van der Waals surface area contributed by atoms with E-state index in [1.54, 1.807) is 6.26 Å². The molecule has 2 rings (SSSR count). The predicted octanol–water partition coefficient (Wildman–Crippen LogP) is 2.13. The van der Waals surface area contributed by atoms with Crippen molar-refractivity contribution < 1.29 is 9.21 Å². The highest BCUT2D eigenvalue weighted by molar-refractivity contribution is 5.81. The number of nitrogens with one attached hydrogen (secondary N) is 1. The van der Waals surface area contributed by atoms with Crippen LogP contribution in [0.1, 0.15) is 31.9 Å². The molecule has 0 radical (unpaired) electrons. The Morgan fingerprint density at radius 3 is 3.07 bits per heavy atom. The minimum atomic E-state index is 0.224. The van der Waals surface area contributed by atoms with Gasteiger partial charge in [0, 0.05) is 18.4 Å². The highest BCUT2D eigenvalue weighted by Crippen LogP contribution is 2.28. The minimum absolute atomic E-state index is 0.224. The molecule has 3 nitrogen and oxygen atoms in total. The van der Waals surface area contributed by atoms with Crippen LogP contribution < -0.4 is 5.32 Å². The summed E-state index contributed by atoms with van der Waals surface area (Å²) in [6.45, 7) is 2.04. The molecule has 0 aromatic carbocycles. The molecule has 1 saturated carbocycles. The molecular formula is C12H17NO2. The van der Waals surface area contributed by atoms with Crippen molar-refractivity contribution in [3.05, 3.63) is 24.2 Å². The predicted molar refractivity (Wildman–Crippen MR) is 57.4 cm³/mol. The molecule has 1 amide bonds. The lowest BCUT2D eigenvalue weighted by molar-refractivity contribution is -0.122. The molecule has 1 heterocycles. The maximum atomic E-state index is 11.4. The van der Waals surface area contributed by atoms with Gasteiger partial charge in [0.15, 0.2) is 0 Å². The van der Waals surface area contributed by atoms with Crippen LogP contribution in [0.4, 0.5) is 0 Å². The number of carbonyl (C=O) groups excluding carboxylic acids is 1. The van der Waals surface area contributed by atoms with Gasteiger partial charge >= 0.3 is 0 Å². The Kier molecular flexibility index (Phi) is 3.09. The Bertz CT molecular complexity index is 314. The normalized spacial score (nSPS) is 17.4. The first-order chi connectivity index (χ1) is 7.25. The van der Waals surface area contributed by atoms with Gasteiger partial charge in [0.2, 0.25) is 5.91 Å². The molecule has 0 saturated heterocycles. The maximum absolute atomic E-state index is 11.4. The van der Waals surface area contributed by atoms with Crippen molar-refractivity contribution in [2.24, 2.45) is 5.92 Å². The Labute approximate surface area is 89.9 Å². The second-order valence-electron chi connectivity index (χ2n) is 4.30. The fourth-order valence-corrected chi connectivity index (χ4v) is 1.59. The van der Waals surface area contributed by atoms with E-state index in [9.17, 15) is 4.79 Å². The van der Waals surface area contributed by atoms with Crippen LogP contribution in [0.15, 0.2) is 22.8 Å². The van der Waals surface area contributed by atoms with E-state index in [-0.39, 0.29) is 11.9 Å². The van der Waals surface area contributed by atoms with Crippen LogP contribution in [0.25, 0.3) is 0 Å². The van der Waals surface area contributed by atoms with E-state index in [1.165, 1.54) is 0 Å². The lowest BCUT2D eigenvalue weighted by atomic mass is 10.1. The summed E-state index contributed by atoms with van der Waals surface area (Å²) in [5.41, 5.74) is 0. The van der Waals surface area contributed by atoms with Gasteiger partial charge in [-0.25, -0.2) is 0 Å². The zero-order chi connectivity index (χ0) is 10.7. The standard InChI is InChI=1S/C12H17NO2/c1-9(13-12(14)10-5-6-10)4-7-11-3-2-8-15-11/h2-3,8-10H,4-7H2,1H3,(H,13,14). The quantitative estimate of drug-likeness (QED) is 0.803. The lowest BCUT2D eigenvalue weighted by Crippen LogP contribution is -2.33. The van der Waals surface area contributed by atoms with Crippen molar-refractivity contribution in [3.63, 3.8) is 0 Å². The Morgan fingerprint density at radius 1 is 1.67 bits per heavy atom. The molecule has 1 atom stereocenters. The average molecular weight is 207 g/mol. The van der Waals surface area contributed by atoms with Gasteiger partial charge in [-0.2, -0.15) is 0 Å². The summed E-state index contributed by atoms with van der Waals surface area (Å²) in [4.78, 5) is 11.4. The van der Waals surface area contributed by atoms with Gasteiger partial charge in [0.05, 0.1) is 6.26 Å². The largest absolute Gasteiger partial charge is 0.469 e. The number of hydrogen-bond acceptors (Lipinski definition) is 2. The summed E-state index contributed by atoms with van der Waals surface area (Å²) in [6, 6.07) is 4.10. The van der Waals surface area contributed by atoms with Crippen LogP contribution in [0.5, 0.6) is 0 Å². The maximum Gasteiger partial charge on any atom is 0.223 e. The van der Waals surface area contributed by atoms with Crippen molar-refractivity contribution in [2.45, 2.75) is 38.6 Å². The van der Waals surface area contributed by atoms with Crippen molar-refractivity contribution in [3.8, 4) is 0 Å². The SMILES string of the molecule is CC(CCc1ccco1)NC(=O)C1CC1. The topological polar surface area (TPSA) is 42.2 Å². The van der Waals surface area contributed by atoms with Crippen molar-refractivity contribution in [1.29, 1.82) is 0 Å². The molecule has 82 valence electrons. The summed E-state index contributed by atoms with van der Waals surface area (Å²) in [7, 11) is 0. The van der Waals surface area contributed by atoms with Crippen LogP contribution >= 0.6 is 0 Å². The van der Waals surface area contributed by atoms with E-state index >= 15 is 0 Å². The Hall–Kier alpha value is -1.25. The molecule has 1 fully saturated rings.